The van der Waals surface area contributed by atoms with E-state index >= 15 is 0 Å². The van der Waals surface area contributed by atoms with Gasteiger partial charge >= 0.3 is 58.4 Å². The molecule has 7 heteroatoms. The van der Waals surface area contributed by atoms with Gasteiger partial charge in [0.2, 0.25) is 0 Å². The van der Waals surface area contributed by atoms with E-state index in [-0.39, 0.29) is 57.1 Å². The van der Waals surface area contributed by atoms with Crippen molar-refractivity contribution in [2.45, 2.75) is 13.3 Å². The van der Waals surface area contributed by atoms with Crippen molar-refractivity contribution in [3.8, 4) is 0 Å². The van der Waals surface area contributed by atoms with E-state index in [1.54, 1.807) is 6.92 Å². The Morgan fingerprint density at radius 3 is 2.31 bits per heavy atom. The van der Waals surface area contributed by atoms with Crippen LogP contribution in [0.4, 0.5) is 12.9 Å². The van der Waals surface area contributed by atoms with E-state index in [1.165, 1.54) is 11.7 Å². The first-order valence-corrected chi connectivity index (χ1v) is 3.67. The summed E-state index contributed by atoms with van der Waals surface area (Å²) >= 11 is 0. The first kappa shape index (κ1) is 13.7. The van der Waals surface area contributed by atoms with Gasteiger partial charge in [0.05, 0.1) is 0 Å². The van der Waals surface area contributed by atoms with Crippen LogP contribution in [0.25, 0.3) is 0 Å². The van der Waals surface area contributed by atoms with E-state index in [0.717, 1.165) is 6.20 Å². The van der Waals surface area contributed by atoms with Gasteiger partial charge in [-0.3, -0.25) is 4.68 Å². The van der Waals surface area contributed by atoms with E-state index in [9.17, 15) is 12.9 Å². The van der Waals surface area contributed by atoms with Gasteiger partial charge in [0.25, 0.3) is 0 Å². The Kier molecular flexibility index (Phi) is 5.24. The van der Waals surface area contributed by atoms with Gasteiger partial charge in [-0.25, -0.2) is 0 Å². The van der Waals surface area contributed by atoms with Gasteiger partial charge < -0.3 is 12.9 Å². The Bertz CT molecular complexity index is 284. The van der Waals surface area contributed by atoms with Crippen LogP contribution in [0.5, 0.6) is 0 Å². The third-order valence-corrected chi connectivity index (χ3v) is 1.63. The van der Waals surface area contributed by atoms with Crippen LogP contribution in [0.3, 0.4) is 0 Å². The molecule has 1 aromatic heterocycles. The zero-order valence-corrected chi connectivity index (χ0v) is 11.0. The normalized spacial score (nSPS) is 11.2. The molecule has 0 fully saturated rings. The molecule has 2 nitrogen and oxygen atoms in total. The van der Waals surface area contributed by atoms with E-state index in [1.807, 2.05) is 0 Å². The van der Waals surface area contributed by atoms with E-state index in [2.05, 4.69) is 5.10 Å². The number of aryl methyl sites for hydroxylation is 2. The first-order chi connectivity index (χ1) is 5.45. The number of hydrogen-bond donors (Lipinski definition) is 0. The molecule has 0 aliphatic carbocycles. The molecule has 1 rings (SSSR count). The van der Waals surface area contributed by atoms with Crippen molar-refractivity contribution in [1.29, 1.82) is 0 Å². The summed E-state index contributed by atoms with van der Waals surface area (Å²) in [6, 6.07) is 0. The molecule has 0 N–H and O–H groups in total. The second-order valence-electron chi connectivity index (χ2n) is 2.63. The second-order valence-corrected chi connectivity index (χ2v) is 2.63. The Morgan fingerprint density at radius 1 is 1.46 bits per heavy atom. The summed E-state index contributed by atoms with van der Waals surface area (Å²) in [7, 11) is 1.49. The Balaban J connectivity index is 0.00000144. The molecule has 68 valence electrons. The molecular weight excluding hydrogens is 207 g/mol. The van der Waals surface area contributed by atoms with Gasteiger partial charge in [-0.05, 0) is 12.6 Å². The molecule has 0 atom stereocenters. The minimum Gasteiger partial charge on any atom is -0.445 e. The van der Waals surface area contributed by atoms with Crippen LogP contribution in [0.15, 0.2) is 6.20 Å². The molecule has 0 bridgehead atoms. The quantitative estimate of drug-likeness (QED) is 0.525. The smallest absolute Gasteiger partial charge is 0.445 e. The molecule has 1 heterocycles. The van der Waals surface area contributed by atoms with Gasteiger partial charge in [-0.15, -0.1) is 0 Å². The van der Waals surface area contributed by atoms with Gasteiger partial charge in [-0.2, -0.15) is 5.10 Å². The van der Waals surface area contributed by atoms with Crippen molar-refractivity contribution in [2.75, 3.05) is 0 Å². The summed E-state index contributed by atoms with van der Waals surface area (Å²) in [6.45, 7) is -3.24. The molecule has 1 aromatic rings. The summed E-state index contributed by atoms with van der Waals surface area (Å²) in [5.74, 6) is 0. The summed E-state index contributed by atoms with van der Waals surface area (Å²) < 4.78 is 38.0. The van der Waals surface area contributed by atoms with Crippen molar-refractivity contribution < 1.29 is 64.3 Å². The van der Waals surface area contributed by atoms with Crippen LogP contribution in [0, 0.1) is 0 Å². The number of rotatable bonds is 2. The molecule has 0 saturated heterocycles. The van der Waals surface area contributed by atoms with Crippen molar-refractivity contribution in [2.24, 2.45) is 7.05 Å². The molecule has 0 radical (unpaired) electrons. The molecule has 0 amide bonds. The fraction of sp³-hybridized carbons (Fsp3) is 0.500. The fourth-order valence-corrected chi connectivity index (χ4v) is 1.10. The van der Waals surface area contributed by atoms with Crippen molar-refractivity contribution >= 4 is 12.4 Å². The van der Waals surface area contributed by atoms with Crippen LogP contribution in [-0.2, 0) is 13.5 Å². The van der Waals surface area contributed by atoms with Crippen LogP contribution in [0.1, 0.15) is 12.6 Å². The third-order valence-electron chi connectivity index (χ3n) is 1.63. The number of hydrogen-bond acceptors (Lipinski definition) is 1. The topological polar surface area (TPSA) is 17.8 Å². The molecule has 0 aliphatic rings. The van der Waals surface area contributed by atoms with Gasteiger partial charge in [-0.1, -0.05) is 12.4 Å². The minimum atomic E-state index is -4.90. The third kappa shape index (κ3) is 3.39. The molecule has 0 unspecified atom stereocenters. The standard InChI is InChI=1S/C6H9BF3N2.K/c1-3-6-5(7(8,9)10)4-12(2)11-6;/h4H,3H2,1-2H3;/q-1;+1. The predicted octanol–water partition coefficient (Wildman–Crippen LogP) is -1.96. The number of halogens is 3. The largest absolute Gasteiger partial charge is 1.00 e. The molecule has 0 aromatic carbocycles. The van der Waals surface area contributed by atoms with Crippen LogP contribution >= 0.6 is 0 Å². The van der Waals surface area contributed by atoms with Crippen LogP contribution < -0.4 is 56.8 Å². The van der Waals surface area contributed by atoms with Gasteiger partial charge in [0.1, 0.15) is 0 Å². The first-order valence-electron chi connectivity index (χ1n) is 3.67. The van der Waals surface area contributed by atoms with E-state index in [0.29, 0.717) is 6.42 Å². The number of nitrogens with zero attached hydrogens (tertiary/aromatic N) is 2. The van der Waals surface area contributed by atoms with Gasteiger partial charge in [0, 0.05) is 12.7 Å². The summed E-state index contributed by atoms with van der Waals surface area (Å²) in [5.41, 5.74) is -0.440. The Hall–Kier alpha value is 0.701. The molecule has 0 saturated carbocycles. The predicted molar refractivity (Wildman–Crippen MR) is 41.3 cm³/mol. The van der Waals surface area contributed by atoms with Crippen molar-refractivity contribution in [3.63, 3.8) is 0 Å². The average Bonchev–Trinajstić information content (AvgIpc) is 2.29. The molecule has 0 spiro atoms. The SMILES string of the molecule is CCc1nn(C)cc1[B-](F)(F)F.[K+]. The second kappa shape index (κ2) is 4.97. The zero-order valence-electron chi connectivity index (χ0n) is 7.89. The molecular formula is C6H9BF3KN2. The van der Waals surface area contributed by atoms with E-state index in [4.69, 9.17) is 0 Å². The Labute approximate surface area is 117 Å². The van der Waals surface area contributed by atoms with Crippen molar-refractivity contribution in [1.82, 2.24) is 9.78 Å². The maximum atomic E-state index is 12.3. The Morgan fingerprint density at radius 2 is 2.00 bits per heavy atom. The van der Waals surface area contributed by atoms with Crippen molar-refractivity contribution in [3.05, 3.63) is 11.9 Å². The summed E-state index contributed by atoms with van der Waals surface area (Å²) in [5, 5.41) is 3.71. The maximum absolute atomic E-state index is 12.3. The fourth-order valence-electron chi connectivity index (χ4n) is 1.10. The van der Waals surface area contributed by atoms with Crippen LogP contribution in [-0.4, -0.2) is 16.8 Å². The van der Waals surface area contributed by atoms with Crippen LogP contribution in [0.2, 0.25) is 0 Å². The van der Waals surface area contributed by atoms with E-state index < -0.39 is 12.4 Å². The summed E-state index contributed by atoms with van der Waals surface area (Å²) in [6.07, 6.45) is 1.34. The average molecular weight is 216 g/mol. The monoisotopic (exact) mass is 216 g/mol. The maximum Gasteiger partial charge on any atom is 1.00 e. The summed E-state index contributed by atoms with van der Waals surface area (Å²) in [4.78, 5) is 0. The zero-order chi connectivity index (χ0) is 9.35. The minimum absolute atomic E-state index is 0. The molecule has 13 heavy (non-hydrogen) atoms. The molecule has 0 aliphatic heterocycles. The number of aromatic nitrogens is 2. The van der Waals surface area contributed by atoms with Gasteiger partial charge in [0.15, 0.2) is 0 Å².